The van der Waals surface area contributed by atoms with Crippen LogP contribution in [0.3, 0.4) is 0 Å². The fraction of sp³-hybridized carbons (Fsp3) is 0.897. The summed E-state index contributed by atoms with van der Waals surface area (Å²) < 4.78 is 16.9. The molecule has 0 saturated carbocycles. The van der Waals surface area contributed by atoms with E-state index in [2.05, 4.69) is 45.1 Å². The number of esters is 3. The molecule has 0 aromatic heterocycles. The van der Waals surface area contributed by atoms with Crippen molar-refractivity contribution in [2.24, 2.45) is 0 Å². The molecule has 0 rings (SSSR count). The second kappa shape index (κ2) is 63.4. The van der Waals surface area contributed by atoms with Crippen molar-refractivity contribution in [2.75, 3.05) is 13.2 Å². The van der Waals surface area contributed by atoms with Crippen LogP contribution in [0.15, 0.2) is 24.3 Å². The normalized spacial score (nSPS) is 12.1. The van der Waals surface area contributed by atoms with Gasteiger partial charge in [-0.3, -0.25) is 14.4 Å². The Balaban J connectivity index is 4.07. The number of carbonyl (C=O) groups excluding carboxylic acids is 3. The highest BCUT2D eigenvalue weighted by Gasteiger charge is 2.19. The topological polar surface area (TPSA) is 78.9 Å². The van der Waals surface area contributed by atoms with Crippen molar-refractivity contribution >= 4 is 17.9 Å². The molecule has 0 saturated heterocycles. The monoisotopic (exact) mass is 1040 g/mol. The molecule has 0 bridgehead atoms. The first kappa shape index (κ1) is 71.9. The fourth-order valence-electron chi connectivity index (χ4n) is 10.2. The number of carbonyl (C=O) groups is 3. The van der Waals surface area contributed by atoms with Crippen LogP contribution in [0.5, 0.6) is 0 Å². The lowest BCUT2D eigenvalue weighted by Crippen LogP contribution is -2.30. The summed E-state index contributed by atoms with van der Waals surface area (Å²) in [7, 11) is 0. The summed E-state index contributed by atoms with van der Waals surface area (Å²) in [5.74, 6) is -0.870. The standard InChI is InChI=1S/C68H128O6/c1-4-7-10-13-16-19-22-24-26-28-29-30-31-32-33-34-35-36-37-38-39-40-41-43-44-46-49-52-55-58-61-67(70)73-64-65(63-72-66(69)60-57-54-51-48-21-18-15-12-9-6-3)74-68(71)62-59-56-53-50-47-45-42-27-25-23-20-17-14-11-8-5-2/h12,15,27,42,65H,4-11,13-14,16-26,28-41,43-64H2,1-3H3/b15-12-,42-27-. The van der Waals surface area contributed by atoms with E-state index in [1.807, 2.05) is 0 Å². The Morgan fingerprint density at radius 3 is 0.730 bits per heavy atom. The van der Waals surface area contributed by atoms with Crippen molar-refractivity contribution in [3.05, 3.63) is 24.3 Å². The number of allylic oxidation sites excluding steroid dienone is 4. The smallest absolute Gasteiger partial charge is 0.306 e. The molecule has 74 heavy (non-hydrogen) atoms. The minimum Gasteiger partial charge on any atom is -0.462 e. The molecule has 0 aliphatic heterocycles. The number of hydrogen-bond donors (Lipinski definition) is 0. The van der Waals surface area contributed by atoms with E-state index < -0.39 is 6.10 Å². The van der Waals surface area contributed by atoms with Crippen LogP contribution in [-0.4, -0.2) is 37.2 Å². The molecule has 1 unspecified atom stereocenters. The van der Waals surface area contributed by atoms with E-state index in [-0.39, 0.29) is 31.1 Å². The van der Waals surface area contributed by atoms with E-state index in [1.54, 1.807) is 0 Å². The van der Waals surface area contributed by atoms with Crippen molar-refractivity contribution in [1.82, 2.24) is 0 Å². The predicted molar refractivity (Wildman–Crippen MR) is 321 cm³/mol. The summed E-state index contributed by atoms with van der Waals surface area (Å²) in [6.45, 7) is 6.62. The van der Waals surface area contributed by atoms with Crippen LogP contribution in [-0.2, 0) is 28.6 Å². The van der Waals surface area contributed by atoms with Crippen molar-refractivity contribution in [3.8, 4) is 0 Å². The SMILES string of the molecule is CCC/C=C\CCCCCCCC(=O)OCC(COC(=O)CCCCCCCCCCCCCCCCCCCCCCCCCCCCCCCC)OC(=O)CCCCCCC/C=C\CCCCCCCCC. The Labute approximate surface area is 462 Å². The molecule has 436 valence electrons. The van der Waals surface area contributed by atoms with Crippen LogP contribution in [0.25, 0.3) is 0 Å². The zero-order valence-corrected chi connectivity index (χ0v) is 50.1. The molecular formula is C68H128O6. The largest absolute Gasteiger partial charge is 0.462 e. The van der Waals surface area contributed by atoms with Crippen LogP contribution in [0.1, 0.15) is 374 Å². The number of unbranched alkanes of at least 4 members (excludes halogenated alkanes) is 47. The summed E-state index contributed by atoms with van der Waals surface area (Å²) in [4.78, 5) is 38.2. The van der Waals surface area contributed by atoms with Crippen molar-refractivity contribution < 1.29 is 28.6 Å². The third-order valence-electron chi connectivity index (χ3n) is 15.2. The van der Waals surface area contributed by atoms with Crippen molar-refractivity contribution in [1.29, 1.82) is 0 Å². The van der Waals surface area contributed by atoms with E-state index in [0.29, 0.717) is 19.3 Å². The Bertz CT molecular complexity index is 1190. The van der Waals surface area contributed by atoms with E-state index in [9.17, 15) is 14.4 Å². The van der Waals surface area contributed by atoms with Crippen LogP contribution in [0.2, 0.25) is 0 Å². The van der Waals surface area contributed by atoms with Gasteiger partial charge >= 0.3 is 17.9 Å². The van der Waals surface area contributed by atoms with E-state index in [0.717, 1.165) is 77.0 Å². The van der Waals surface area contributed by atoms with Gasteiger partial charge in [0, 0.05) is 19.3 Å². The molecule has 0 heterocycles. The van der Waals surface area contributed by atoms with Gasteiger partial charge in [-0.2, -0.15) is 0 Å². The first-order chi connectivity index (χ1) is 36.5. The molecule has 0 spiro atoms. The van der Waals surface area contributed by atoms with Crippen LogP contribution in [0, 0.1) is 0 Å². The number of hydrogen-bond acceptors (Lipinski definition) is 6. The lowest BCUT2D eigenvalue weighted by atomic mass is 10.0. The summed E-state index contributed by atoms with van der Waals surface area (Å²) in [6.07, 6.45) is 76.5. The molecule has 6 heteroatoms. The average molecular weight is 1040 g/mol. The van der Waals surface area contributed by atoms with Crippen molar-refractivity contribution in [2.45, 2.75) is 380 Å². The third-order valence-corrected chi connectivity index (χ3v) is 15.2. The predicted octanol–water partition coefficient (Wildman–Crippen LogP) is 22.6. The molecule has 1 atom stereocenters. The molecule has 0 radical (unpaired) electrons. The highest BCUT2D eigenvalue weighted by atomic mass is 16.6. The van der Waals surface area contributed by atoms with Gasteiger partial charge < -0.3 is 14.2 Å². The van der Waals surface area contributed by atoms with Crippen LogP contribution in [0.4, 0.5) is 0 Å². The third kappa shape index (κ3) is 60.8. The Kier molecular flexibility index (Phi) is 61.6. The second-order valence-electron chi connectivity index (χ2n) is 22.7. The molecular weight excluding hydrogens is 913 g/mol. The summed E-state index contributed by atoms with van der Waals surface area (Å²) in [5.41, 5.74) is 0. The van der Waals surface area contributed by atoms with Crippen LogP contribution < -0.4 is 0 Å². The quantitative estimate of drug-likeness (QED) is 0.0261. The maximum absolute atomic E-state index is 12.9. The molecule has 0 aromatic rings. The van der Waals surface area contributed by atoms with E-state index >= 15 is 0 Å². The highest BCUT2D eigenvalue weighted by molar-refractivity contribution is 5.71. The van der Waals surface area contributed by atoms with Gasteiger partial charge in [-0.15, -0.1) is 0 Å². The van der Waals surface area contributed by atoms with E-state index in [1.165, 1.54) is 257 Å². The van der Waals surface area contributed by atoms with Gasteiger partial charge in [0.05, 0.1) is 0 Å². The molecule has 0 amide bonds. The number of ether oxygens (including phenoxy) is 3. The lowest BCUT2D eigenvalue weighted by Gasteiger charge is -2.18. The maximum Gasteiger partial charge on any atom is 0.306 e. The highest BCUT2D eigenvalue weighted by Crippen LogP contribution is 2.18. The molecule has 0 aliphatic carbocycles. The van der Waals surface area contributed by atoms with Gasteiger partial charge in [0.2, 0.25) is 0 Å². The van der Waals surface area contributed by atoms with Crippen LogP contribution >= 0.6 is 0 Å². The Hall–Kier alpha value is -2.11. The van der Waals surface area contributed by atoms with Gasteiger partial charge in [-0.25, -0.2) is 0 Å². The molecule has 0 aromatic carbocycles. The van der Waals surface area contributed by atoms with Gasteiger partial charge in [0.1, 0.15) is 13.2 Å². The lowest BCUT2D eigenvalue weighted by molar-refractivity contribution is -0.167. The van der Waals surface area contributed by atoms with Gasteiger partial charge in [0.25, 0.3) is 0 Å². The molecule has 0 aliphatic rings. The minimum absolute atomic E-state index is 0.0728. The summed E-state index contributed by atoms with van der Waals surface area (Å²) in [6, 6.07) is 0. The zero-order valence-electron chi connectivity index (χ0n) is 50.1. The number of rotatable bonds is 62. The molecule has 0 fully saturated rings. The first-order valence-electron chi connectivity index (χ1n) is 33.3. The maximum atomic E-state index is 12.9. The summed E-state index contributed by atoms with van der Waals surface area (Å²) in [5, 5.41) is 0. The second-order valence-corrected chi connectivity index (χ2v) is 22.7. The van der Waals surface area contributed by atoms with Crippen molar-refractivity contribution in [3.63, 3.8) is 0 Å². The minimum atomic E-state index is -0.776. The summed E-state index contributed by atoms with van der Waals surface area (Å²) >= 11 is 0. The fourth-order valence-corrected chi connectivity index (χ4v) is 10.2. The first-order valence-corrected chi connectivity index (χ1v) is 33.3. The zero-order chi connectivity index (χ0) is 53.6. The van der Waals surface area contributed by atoms with E-state index in [4.69, 9.17) is 14.2 Å². The van der Waals surface area contributed by atoms with Gasteiger partial charge in [0.15, 0.2) is 6.10 Å². The molecule has 0 N–H and O–H groups in total. The Morgan fingerprint density at radius 2 is 0.473 bits per heavy atom. The van der Waals surface area contributed by atoms with Gasteiger partial charge in [-0.05, 0) is 64.2 Å². The average Bonchev–Trinajstić information content (AvgIpc) is 3.40. The Morgan fingerprint density at radius 1 is 0.257 bits per heavy atom. The van der Waals surface area contributed by atoms with Gasteiger partial charge in [-0.1, -0.05) is 315 Å². The molecule has 6 nitrogen and oxygen atoms in total.